The zero-order chi connectivity index (χ0) is 14.4. The van der Waals surface area contributed by atoms with Crippen LogP contribution in [0.2, 0.25) is 5.02 Å². The molecule has 0 unspecified atom stereocenters. The van der Waals surface area contributed by atoms with E-state index in [1.807, 2.05) is 17.0 Å². The third kappa shape index (κ3) is 3.96. The summed E-state index contributed by atoms with van der Waals surface area (Å²) < 4.78 is 0. The van der Waals surface area contributed by atoms with Crippen LogP contribution < -0.4 is 5.32 Å². The SMILES string of the molecule is N#Cc1ccc(CNCC(=O)N2CCCCC2)c(Cl)c1. The topological polar surface area (TPSA) is 56.1 Å². The van der Waals surface area contributed by atoms with Gasteiger partial charge in [0.25, 0.3) is 0 Å². The summed E-state index contributed by atoms with van der Waals surface area (Å²) in [6.45, 7) is 2.61. The Labute approximate surface area is 124 Å². The minimum Gasteiger partial charge on any atom is -0.342 e. The summed E-state index contributed by atoms with van der Waals surface area (Å²) in [5.74, 6) is 0.148. The summed E-state index contributed by atoms with van der Waals surface area (Å²) in [5, 5.41) is 12.4. The van der Waals surface area contributed by atoms with Crippen LogP contribution in [0.1, 0.15) is 30.4 Å². The van der Waals surface area contributed by atoms with Gasteiger partial charge in [-0.25, -0.2) is 0 Å². The zero-order valence-electron chi connectivity index (χ0n) is 11.4. The highest BCUT2D eigenvalue weighted by molar-refractivity contribution is 6.31. The van der Waals surface area contributed by atoms with Crippen molar-refractivity contribution in [1.29, 1.82) is 5.26 Å². The van der Waals surface area contributed by atoms with Crippen molar-refractivity contribution in [2.45, 2.75) is 25.8 Å². The molecule has 20 heavy (non-hydrogen) atoms. The molecule has 0 aromatic heterocycles. The Bertz CT molecular complexity index is 518. The van der Waals surface area contributed by atoms with E-state index in [9.17, 15) is 4.79 Å². The van der Waals surface area contributed by atoms with E-state index in [1.54, 1.807) is 12.1 Å². The molecule has 1 N–H and O–H groups in total. The fraction of sp³-hybridized carbons (Fsp3) is 0.467. The van der Waals surface area contributed by atoms with Crippen LogP contribution in [0.25, 0.3) is 0 Å². The van der Waals surface area contributed by atoms with Crippen molar-refractivity contribution in [3.05, 3.63) is 34.3 Å². The second-order valence-corrected chi connectivity index (χ2v) is 5.37. The Balaban J connectivity index is 1.80. The lowest BCUT2D eigenvalue weighted by molar-refractivity contribution is -0.131. The number of hydrogen-bond acceptors (Lipinski definition) is 3. The molecule has 0 atom stereocenters. The minimum absolute atomic E-state index is 0.148. The van der Waals surface area contributed by atoms with Gasteiger partial charge in [0.15, 0.2) is 0 Å². The molecule has 1 amide bonds. The molecule has 1 heterocycles. The van der Waals surface area contributed by atoms with Crippen molar-refractivity contribution in [3.8, 4) is 6.07 Å². The van der Waals surface area contributed by atoms with Gasteiger partial charge in [0.1, 0.15) is 0 Å². The van der Waals surface area contributed by atoms with Gasteiger partial charge in [0.2, 0.25) is 5.91 Å². The minimum atomic E-state index is 0.148. The van der Waals surface area contributed by atoms with Gasteiger partial charge in [-0.1, -0.05) is 17.7 Å². The van der Waals surface area contributed by atoms with Crippen LogP contribution in [0.4, 0.5) is 0 Å². The summed E-state index contributed by atoms with van der Waals surface area (Å²) in [7, 11) is 0. The van der Waals surface area contributed by atoms with E-state index in [2.05, 4.69) is 5.32 Å². The number of nitrogens with zero attached hydrogens (tertiary/aromatic N) is 2. The monoisotopic (exact) mass is 291 g/mol. The van der Waals surface area contributed by atoms with Crippen LogP contribution in [0.3, 0.4) is 0 Å². The van der Waals surface area contributed by atoms with Gasteiger partial charge in [-0.3, -0.25) is 4.79 Å². The molecule has 4 nitrogen and oxygen atoms in total. The standard InChI is InChI=1S/C15H18ClN3O/c16-14-8-12(9-17)4-5-13(14)10-18-11-15(20)19-6-2-1-3-7-19/h4-5,8,18H,1-3,6-7,10-11H2. The maximum Gasteiger partial charge on any atom is 0.236 e. The number of nitriles is 1. The maximum absolute atomic E-state index is 12.0. The third-order valence-electron chi connectivity index (χ3n) is 3.48. The molecule has 1 aromatic carbocycles. The molecule has 1 saturated heterocycles. The van der Waals surface area contributed by atoms with E-state index in [-0.39, 0.29) is 5.91 Å². The van der Waals surface area contributed by atoms with Crippen LogP contribution in [0.15, 0.2) is 18.2 Å². The second kappa shape index (κ2) is 7.28. The Morgan fingerprint density at radius 1 is 1.35 bits per heavy atom. The number of piperidine rings is 1. The van der Waals surface area contributed by atoms with Gasteiger partial charge in [0, 0.05) is 24.7 Å². The Morgan fingerprint density at radius 2 is 2.10 bits per heavy atom. The van der Waals surface area contributed by atoms with Crippen molar-refractivity contribution >= 4 is 17.5 Å². The molecule has 1 aromatic rings. The number of benzene rings is 1. The van der Waals surface area contributed by atoms with Crippen LogP contribution in [0.5, 0.6) is 0 Å². The highest BCUT2D eigenvalue weighted by atomic mass is 35.5. The fourth-order valence-corrected chi connectivity index (χ4v) is 2.57. The molecule has 1 fully saturated rings. The number of rotatable bonds is 4. The number of carbonyl (C=O) groups is 1. The third-order valence-corrected chi connectivity index (χ3v) is 3.83. The van der Waals surface area contributed by atoms with Crippen molar-refractivity contribution in [2.75, 3.05) is 19.6 Å². The van der Waals surface area contributed by atoms with Crippen LogP contribution >= 0.6 is 11.6 Å². The molecule has 1 aliphatic heterocycles. The smallest absolute Gasteiger partial charge is 0.236 e. The Kier molecular flexibility index (Phi) is 5.40. The van der Waals surface area contributed by atoms with E-state index in [1.165, 1.54) is 6.42 Å². The lowest BCUT2D eigenvalue weighted by atomic mass is 10.1. The molecule has 0 spiro atoms. The van der Waals surface area contributed by atoms with E-state index in [4.69, 9.17) is 16.9 Å². The fourth-order valence-electron chi connectivity index (χ4n) is 2.32. The number of amides is 1. The molecule has 1 aliphatic rings. The quantitative estimate of drug-likeness (QED) is 0.926. The highest BCUT2D eigenvalue weighted by Crippen LogP contribution is 2.17. The van der Waals surface area contributed by atoms with Gasteiger partial charge >= 0.3 is 0 Å². The molecule has 5 heteroatoms. The lowest BCUT2D eigenvalue weighted by Gasteiger charge is -2.26. The average molecular weight is 292 g/mol. The van der Waals surface area contributed by atoms with E-state index in [0.29, 0.717) is 23.7 Å². The molecule has 2 rings (SSSR count). The molecular formula is C15H18ClN3O. The average Bonchev–Trinajstić information content (AvgIpc) is 2.49. The number of carbonyl (C=O) groups excluding carboxylic acids is 1. The first kappa shape index (κ1) is 14.8. The van der Waals surface area contributed by atoms with Crippen molar-refractivity contribution < 1.29 is 4.79 Å². The summed E-state index contributed by atoms with van der Waals surface area (Å²) in [6, 6.07) is 7.24. The number of nitrogens with one attached hydrogen (secondary N) is 1. The van der Waals surface area contributed by atoms with Crippen molar-refractivity contribution in [1.82, 2.24) is 10.2 Å². The maximum atomic E-state index is 12.0. The number of likely N-dealkylation sites (tertiary alicyclic amines) is 1. The lowest BCUT2D eigenvalue weighted by Crippen LogP contribution is -2.40. The molecule has 0 saturated carbocycles. The first-order valence-electron chi connectivity index (χ1n) is 6.88. The summed E-state index contributed by atoms with van der Waals surface area (Å²) >= 11 is 6.09. The van der Waals surface area contributed by atoms with Crippen LogP contribution in [-0.4, -0.2) is 30.4 Å². The van der Waals surface area contributed by atoms with Crippen LogP contribution in [-0.2, 0) is 11.3 Å². The van der Waals surface area contributed by atoms with Crippen molar-refractivity contribution in [2.24, 2.45) is 0 Å². The predicted octanol–water partition coefficient (Wildman–Crippen LogP) is 2.31. The molecule has 0 radical (unpaired) electrons. The van der Waals surface area contributed by atoms with Gasteiger partial charge in [0.05, 0.1) is 18.2 Å². The van der Waals surface area contributed by atoms with Crippen LogP contribution in [0, 0.1) is 11.3 Å². The summed E-state index contributed by atoms with van der Waals surface area (Å²) in [5.41, 5.74) is 1.44. The Hall–Kier alpha value is -1.57. The first-order valence-corrected chi connectivity index (χ1v) is 7.25. The van der Waals surface area contributed by atoms with E-state index in [0.717, 1.165) is 31.5 Å². The highest BCUT2D eigenvalue weighted by Gasteiger charge is 2.15. The first-order chi connectivity index (χ1) is 9.70. The molecule has 106 valence electrons. The molecule has 0 aliphatic carbocycles. The number of hydrogen-bond donors (Lipinski definition) is 1. The normalized spacial score (nSPS) is 14.9. The predicted molar refractivity (Wildman–Crippen MR) is 78.3 cm³/mol. The second-order valence-electron chi connectivity index (χ2n) is 4.96. The largest absolute Gasteiger partial charge is 0.342 e. The van der Waals surface area contributed by atoms with Crippen molar-refractivity contribution in [3.63, 3.8) is 0 Å². The van der Waals surface area contributed by atoms with Gasteiger partial charge in [-0.05, 0) is 37.0 Å². The van der Waals surface area contributed by atoms with E-state index < -0.39 is 0 Å². The van der Waals surface area contributed by atoms with Gasteiger partial charge < -0.3 is 10.2 Å². The van der Waals surface area contributed by atoms with E-state index >= 15 is 0 Å². The molecule has 0 bridgehead atoms. The van der Waals surface area contributed by atoms with Gasteiger partial charge in [-0.2, -0.15) is 5.26 Å². The number of halogens is 1. The zero-order valence-corrected chi connectivity index (χ0v) is 12.1. The van der Waals surface area contributed by atoms with Gasteiger partial charge in [-0.15, -0.1) is 0 Å². The summed E-state index contributed by atoms with van der Waals surface area (Å²) in [4.78, 5) is 13.9. The summed E-state index contributed by atoms with van der Waals surface area (Å²) in [6.07, 6.45) is 3.43. The Morgan fingerprint density at radius 3 is 2.75 bits per heavy atom. The molecular weight excluding hydrogens is 274 g/mol.